The number of ether oxygens (including phenoxy) is 1. The minimum Gasteiger partial charge on any atom is -0.394 e. The summed E-state index contributed by atoms with van der Waals surface area (Å²) < 4.78 is 5.45. The summed E-state index contributed by atoms with van der Waals surface area (Å²) in [5.41, 5.74) is 5.82. The zero-order valence-electron chi connectivity index (χ0n) is 10.6. The van der Waals surface area contributed by atoms with Crippen molar-refractivity contribution in [3.8, 4) is 0 Å². The molecule has 0 aromatic heterocycles. The normalized spacial score (nSPS) is 19.4. The summed E-state index contributed by atoms with van der Waals surface area (Å²) in [5, 5.41) is 8.66. The molecule has 0 saturated carbocycles. The van der Waals surface area contributed by atoms with E-state index >= 15 is 0 Å². The van der Waals surface area contributed by atoms with E-state index in [0.717, 1.165) is 25.7 Å². The molecule has 5 nitrogen and oxygen atoms in total. The fourth-order valence-corrected chi connectivity index (χ4v) is 2.13. The van der Waals surface area contributed by atoms with E-state index in [2.05, 4.69) is 0 Å². The van der Waals surface area contributed by atoms with Crippen molar-refractivity contribution >= 4 is 5.91 Å². The Morgan fingerprint density at radius 3 is 2.71 bits per heavy atom. The highest BCUT2D eigenvalue weighted by Gasteiger charge is 2.25. The van der Waals surface area contributed by atoms with Crippen LogP contribution in [-0.4, -0.2) is 54.4 Å². The van der Waals surface area contributed by atoms with Crippen LogP contribution in [0.3, 0.4) is 0 Å². The van der Waals surface area contributed by atoms with Crippen molar-refractivity contribution in [3.63, 3.8) is 0 Å². The molecule has 3 N–H and O–H groups in total. The summed E-state index contributed by atoms with van der Waals surface area (Å²) >= 11 is 0. The van der Waals surface area contributed by atoms with Gasteiger partial charge in [0.15, 0.2) is 0 Å². The van der Waals surface area contributed by atoms with Crippen molar-refractivity contribution in [1.82, 2.24) is 4.90 Å². The smallest absolute Gasteiger partial charge is 0.239 e. The van der Waals surface area contributed by atoms with Crippen LogP contribution in [0.15, 0.2) is 0 Å². The molecule has 1 aliphatic heterocycles. The number of piperidine rings is 1. The molecule has 1 aliphatic rings. The Kier molecular flexibility index (Phi) is 6.47. The second-order valence-corrected chi connectivity index (χ2v) is 4.51. The number of likely N-dealkylation sites (tertiary alicyclic amines) is 1. The molecular formula is C12H24N2O3. The third kappa shape index (κ3) is 4.61. The van der Waals surface area contributed by atoms with Gasteiger partial charge in [0, 0.05) is 13.1 Å². The minimum atomic E-state index is -0.352. The second-order valence-electron chi connectivity index (χ2n) is 4.51. The van der Waals surface area contributed by atoms with E-state index in [1.54, 1.807) is 0 Å². The van der Waals surface area contributed by atoms with Crippen LogP contribution in [0.2, 0.25) is 0 Å². The fourth-order valence-electron chi connectivity index (χ4n) is 2.13. The quantitative estimate of drug-likeness (QED) is 0.695. The van der Waals surface area contributed by atoms with E-state index in [9.17, 15) is 4.79 Å². The molecule has 1 heterocycles. The van der Waals surface area contributed by atoms with Gasteiger partial charge in [0.25, 0.3) is 0 Å². The molecule has 5 heteroatoms. The van der Waals surface area contributed by atoms with Gasteiger partial charge < -0.3 is 20.5 Å². The molecule has 0 aromatic carbocycles. The van der Waals surface area contributed by atoms with Crippen molar-refractivity contribution in [3.05, 3.63) is 0 Å². The monoisotopic (exact) mass is 244 g/mol. The van der Waals surface area contributed by atoms with Crippen LogP contribution in [0, 0.1) is 0 Å². The highest BCUT2D eigenvalue weighted by Crippen LogP contribution is 2.14. The lowest BCUT2D eigenvalue weighted by atomic mass is 10.1. The van der Waals surface area contributed by atoms with Gasteiger partial charge in [-0.2, -0.15) is 0 Å². The van der Waals surface area contributed by atoms with E-state index in [-0.39, 0.29) is 24.7 Å². The molecule has 100 valence electrons. The molecule has 1 saturated heterocycles. The van der Waals surface area contributed by atoms with E-state index < -0.39 is 0 Å². The highest BCUT2D eigenvalue weighted by molar-refractivity contribution is 5.81. The Morgan fingerprint density at radius 2 is 2.18 bits per heavy atom. The van der Waals surface area contributed by atoms with Crippen molar-refractivity contribution in [1.29, 1.82) is 0 Å². The van der Waals surface area contributed by atoms with Crippen LogP contribution in [0.1, 0.15) is 32.6 Å². The average molecular weight is 244 g/mol. The van der Waals surface area contributed by atoms with Crippen LogP contribution in [0.4, 0.5) is 0 Å². The number of nitrogens with two attached hydrogens (primary N) is 1. The lowest BCUT2D eigenvalue weighted by Gasteiger charge is -2.33. The average Bonchev–Trinajstić information content (AvgIpc) is 2.36. The summed E-state index contributed by atoms with van der Waals surface area (Å²) in [7, 11) is 0. The number of aliphatic hydroxyl groups excluding tert-OH is 1. The van der Waals surface area contributed by atoms with Gasteiger partial charge in [0.05, 0.1) is 25.4 Å². The zero-order valence-corrected chi connectivity index (χ0v) is 10.6. The molecule has 0 bridgehead atoms. The van der Waals surface area contributed by atoms with Crippen LogP contribution >= 0.6 is 0 Å². The zero-order chi connectivity index (χ0) is 12.7. The van der Waals surface area contributed by atoms with Crippen LogP contribution in [-0.2, 0) is 9.53 Å². The summed E-state index contributed by atoms with van der Waals surface area (Å²) in [6.45, 7) is 3.90. The Labute approximate surface area is 103 Å². The molecule has 1 atom stereocenters. The van der Waals surface area contributed by atoms with Gasteiger partial charge in [-0.25, -0.2) is 0 Å². The molecule has 0 aliphatic carbocycles. The number of hydrogen-bond acceptors (Lipinski definition) is 4. The van der Waals surface area contributed by atoms with Gasteiger partial charge >= 0.3 is 0 Å². The number of rotatable bonds is 6. The predicted octanol–water partition coefficient (Wildman–Crippen LogP) is 0.114. The summed E-state index contributed by atoms with van der Waals surface area (Å²) in [5.74, 6) is 0.0625. The molecule has 17 heavy (non-hydrogen) atoms. The first-order valence-electron chi connectivity index (χ1n) is 6.45. The maximum absolute atomic E-state index is 11.9. The molecule has 0 aromatic rings. The number of carbonyl (C=O) groups is 1. The van der Waals surface area contributed by atoms with E-state index in [4.69, 9.17) is 15.6 Å². The van der Waals surface area contributed by atoms with Crippen LogP contribution < -0.4 is 5.73 Å². The third-order valence-electron chi connectivity index (χ3n) is 3.12. The molecule has 1 fully saturated rings. The molecule has 1 unspecified atom stereocenters. The van der Waals surface area contributed by atoms with Gasteiger partial charge in [-0.05, 0) is 19.3 Å². The van der Waals surface area contributed by atoms with Gasteiger partial charge in [-0.15, -0.1) is 0 Å². The van der Waals surface area contributed by atoms with Crippen LogP contribution in [0.25, 0.3) is 0 Å². The van der Waals surface area contributed by atoms with Crippen molar-refractivity contribution < 1.29 is 14.6 Å². The maximum atomic E-state index is 11.9. The first-order valence-corrected chi connectivity index (χ1v) is 6.45. The molecule has 0 radical (unpaired) electrons. The standard InChI is InChI=1S/C12H24N2O3/c1-2-3-11(13)12(16)14-6-4-10(5-7-14)17-9-8-15/h10-11,15H,2-9,13H2,1H3. The van der Waals surface area contributed by atoms with E-state index in [0.29, 0.717) is 19.7 Å². The topological polar surface area (TPSA) is 75.8 Å². The highest BCUT2D eigenvalue weighted by atomic mass is 16.5. The van der Waals surface area contributed by atoms with Crippen molar-refractivity contribution in [2.24, 2.45) is 5.73 Å². The van der Waals surface area contributed by atoms with Gasteiger partial charge in [-0.1, -0.05) is 13.3 Å². The molecule has 1 rings (SSSR count). The number of carbonyl (C=O) groups excluding carboxylic acids is 1. The Bertz CT molecular complexity index is 228. The summed E-state index contributed by atoms with van der Waals surface area (Å²) in [6, 6.07) is -0.352. The Balaban J connectivity index is 2.28. The summed E-state index contributed by atoms with van der Waals surface area (Å²) in [6.07, 6.45) is 3.53. The summed E-state index contributed by atoms with van der Waals surface area (Å²) in [4.78, 5) is 13.8. The van der Waals surface area contributed by atoms with E-state index in [1.807, 2.05) is 11.8 Å². The SMILES string of the molecule is CCCC(N)C(=O)N1CCC(OCCO)CC1. The fraction of sp³-hybridized carbons (Fsp3) is 0.917. The van der Waals surface area contributed by atoms with E-state index in [1.165, 1.54) is 0 Å². The first-order chi connectivity index (χ1) is 8.19. The van der Waals surface area contributed by atoms with Gasteiger partial charge in [-0.3, -0.25) is 4.79 Å². The van der Waals surface area contributed by atoms with Crippen molar-refractivity contribution in [2.75, 3.05) is 26.3 Å². The number of hydrogen-bond donors (Lipinski definition) is 2. The number of nitrogens with zero attached hydrogens (tertiary/aromatic N) is 1. The number of aliphatic hydroxyl groups is 1. The lowest BCUT2D eigenvalue weighted by molar-refractivity contribution is -0.135. The minimum absolute atomic E-state index is 0.0561. The second kappa shape index (κ2) is 7.63. The first kappa shape index (κ1) is 14.4. The van der Waals surface area contributed by atoms with Gasteiger partial charge in [0.2, 0.25) is 5.91 Å². The van der Waals surface area contributed by atoms with Gasteiger partial charge in [0.1, 0.15) is 0 Å². The maximum Gasteiger partial charge on any atom is 0.239 e. The Morgan fingerprint density at radius 1 is 1.53 bits per heavy atom. The molecular weight excluding hydrogens is 220 g/mol. The molecule has 0 spiro atoms. The third-order valence-corrected chi connectivity index (χ3v) is 3.12. The molecule has 1 amide bonds. The lowest BCUT2D eigenvalue weighted by Crippen LogP contribution is -2.48. The largest absolute Gasteiger partial charge is 0.394 e. The van der Waals surface area contributed by atoms with Crippen LogP contribution in [0.5, 0.6) is 0 Å². The predicted molar refractivity (Wildman–Crippen MR) is 65.5 cm³/mol. The van der Waals surface area contributed by atoms with Crippen molar-refractivity contribution in [2.45, 2.75) is 44.8 Å². The number of amides is 1. The Hall–Kier alpha value is -0.650.